The Labute approximate surface area is 197 Å². The van der Waals surface area contributed by atoms with Crippen molar-refractivity contribution in [3.05, 3.63) is 58.6 Å². The van der Waals surface area contributed by atoms with Crippen LogP contribution in [0, 0.1) is 5.92 Å². The predicted octanol–water partition coefficient (Wildman–Crippen LogP) is 3.50. The highest BCUT2D eigenvalue weighted by Gasteiger charge is 2.28. The number of likely N-dealkylation sites (tertiary alicyclic amines) is 1. The van der Waals surface area contributed by atoms with Gasteiger partial charge in [-0.15, -0.1) is 0 Å². The van der Waals surface area contributed by atoms with Gasteiger partial charge in [0.2, 0.25) is 0 Å². The first kappa shape index (κ1) is 24.4. The van der Waals surface area contributed by atoms with E-state index in [-0.39, 0.29) is 30.0 Å². The third-order valence-electron chi connectivity index (χ3n) is 5.42. The van der Waals surface area contributed by atoms with Gasteiger partial charge in [-0.2, -0.15) is 0 Å². The van der Waals surface area contributed by atoms with E-state index in [1.165, 1.54) is 20.3 Å². The molecule has 9 heteroatoms. The van der Waals surface area contributed by atoms with E-state index in [0.717, 1.165) is 5.56 Å². The average molecular weight is 476 g/mol. The number of hydrogen-bond donors (Lipinski definition) is 0. The van der Waals surface area contributed by atoms with Gasteiger partial charge in [-0.25, -0.2) is 4.79 Å². The summed E-state index contributed by atoms with van der Waals surface area (Å²) in [5, 5.41) is 0.642. The summed E-state index contributed by atoms with van der Waals surface area (Å²) in [6.07, 6.45) is 1.06. The van der Waals surface area contributed by atoms with E-state index in [0.29, 0.717) is 49.1 Å². The van der Waals surface area contributed by atoms with E-state index >= 15 is 0 Å². The van der Waals surface area contributed by atoms with E-state index in [9.17, 15) is 14.4 Å². The third kappa shape index (κ3) is 6.61. The zero-order valence-corrected chi connectivity index (χ0v) is 19.3. The Hall–Kier alpha value is -3.26. The first-order chi connectivity index (χ1) is 15.9. The molecule has 0 saturated carbocycles. The smallest absolute Gasteiger partial charge is 0.338 e. The van der Waals surface area contributed by atoms with Gasteiger partial charge in [-0.05, 0) is 48.7 Å². The van der Waals surface area contributed by atoms with Crippen LogP contribution >= 0.6 is 11.6 Å². The Balaban J connectivity index is 1.51. The van der Waals surface area contributed by atoms with Crippen LogP contribution in [0.5, 0.6) is 11.5 Å². The van der Waals surface area contributed by atoms with Crippen LogP contribution in [0.15, 0.2) is 42.5 Å². The molecule has 0 N–H and O–H groups in total. The maximum absolute atomic E-state index is 12.4. The van der Waals surface area contributed by atoms with Crippen LogP contribution in [-0.2, 0) is 25.7 Å². The molecule has 0 aromatic heterocycles. The molecule has 1 fully saturated rings. The van der Waals surface area contributed by atoms with Gasteiger partial charge in [0.25, 0.3) is 5.91 Å². The molecule has 0 radical (unpaired) electrons. The van der Waals surface area contributed by atoms with Gasteiger partial charge in [-0.1, -0.05) is 23.7 Å². The van der Waals surface area contributed by atoms with Crippen molar-refractivity contribution in [3.8, 4) is 11.5 Å². The van der Waals surface area contributed by atoms with Crippen LogP contribution in [0.2, 0.25) is 5.02 Å². The number of rotatable bonds is 8. The van der Waals surface area contributed by atoms with E-state index < -0.39 is 5.97 Å². The van der Waals surface area contributed by atoms with Crippen LogP contribution in [-0.4, -0.2) is 56.7 Å². The van der Waals surface area contributed by atoms with Crippen LogP contribution < -0.4 is 9.47 Å². The number of methoxy groups -OCH3 is 2. The van der Waals surface area contributed by atoms with Crippen molar-refractivity contribution in [2.24, 2.45) is 5.92 Å². The summed E-state index contributed by atoms with van der Waals surface area (Å²) in [6.45, 7) is 0.768. The summed E-state index contributed by atoms with van der Waals surface area (Å²) >= 11 is 5.89. The molecule has 1 aliphatic heterocycles. The molecule has 0 unspecified atom stereocenters. The van der Waals surface area contributed by atoms with Gasteiger partial charge in [-0.3, -0.25) is 9.59 Å². The number of benzene rings is 2. The van der Waals surface area contributed by atoms with Crippen LogP contribution in [0.25, 0.3) is 0 Å². The van der Waals surface area contributed by atoms with Crippen molar-refractivity contribution in [2.75, 3.05) is 33.9 Å². The lowest BCUT2D eigenvalue weighted by Crippen LogP contribution is -2.42. The minimum Gasteiger partial charge on any atom is -0.493 e. The van der Waals surface area contributed by atoms with Crippen molar-refractivity contribution in [1.29, 1.82) is 0 Å². The highest BCUT2D eigenvalue weighted by molar-refractivity contribution is 6.30. The van der Waals surface area contributed by atoms with Crippen molar-refractivity contribution >= 4 is 29.4 Å². The van der Waals surface area contributed by atoms with Crippen molar-refractivity contribution in [3.63, 3.8) is 0 Å². The largest absolute Gasteiger partial charge is 0.493 e. The summed E-state index contributed by atoms with van der Waals surface area (Å²) in [4.78, 5) is 38.0. The molecule has 8 nitrogen and oxygen atoms in total. The van der Waals surface area contributed by atoms with Crippen molar-refractivity contribution in [2.45, 2.75) is 19.4 Å². The Morgan fingerprint density at radius 2 is 1.70 bits per heavy atom. The fourth-order valence-electron chi connectivity index (χ4n) is 3.49. The molecule has 0 spiro atoms. The number of nitrogens with zero attached hydrogens (tertiary/aromatic N) is 1. The number of esters is 2. The SMILES string of the molecule is COC(=O)C1CCN(C(=O)COC(=O)c2ccc(OCc3ccc(Cl)cc3)c(OC)c2)CC1. The molecule has 33 heavy (non-hydrogen) atoms. The zero-order chi connectivity index (χ0) is 23.8. The van der Waals surface area contributed by atoms with E-state index in [4.69, 9.17) is 30.5 Å². The second-order valence-electron chi connectivity index (χ2n) is 7.54. The monoisotopic (exact) mass is 475 g/mol. The lowest BCUT2D eigenvalue weighted by molar-refractivity contribution is -0.149. The van der Waals surface area contributed by atoms with Gasteiger partial charge < -0.3 is 23.8 Å². The Kier molecular flexibility index (Phi) is 8.54. The first-order valence-electron chi connectivity index (χ1n) is 10.5. The Morgan fingerprint density at radius 3 is 2.33 bits per heavy atom. The molecule has 0 aliphatic carbocycles. The lowest BCUT2D eigenvalue weighted by atomic mass is 9.97. The molecule has 176 valence electrons. The predicted molar refractivity (Wildman–Crippen MR) is 120 cm³/mol. The quantitative estimate of drug-likeness (QED) is 0.539. The molecular weight excluding hydrogens is 450 g/mol. The van der Waals surface area contributed by atoms with Gasteiger partial charge in [0, 0.05) is 18.1 Å². The summed E-state index contributed by atoms with van der Waals surface area (Å²) in [7, 11) is 2.83. The second-order valence-corrected chi connectivity index (χ2v) is 7.97. The number of hydrogen-bond acceptors (Lipinski definition) is 7. The Morgan fingerprint density at radius 1 is 1.00 bits per heavy atom. The van der Waals surface area contributed by atoms with Crippen LogP contribution in [0.1, 0.15) is 28.8 Å². The normalized spacial score (nSPS) is 13.8. The van der Waals surface area contributed by atoms with Gasteiger partial charge in [0.1, 0.15) is 6.61 Å². The molecule has 2 aromatic carbocycles. The van der Waals surface area contributed by atoms with Crippen LogP contribution in [0.4, 0.5) is 0 Å². The van der Waals surface area contributed by atoms with Gasteiger partial charge in [0.05, 0.1) is 25.7 Å². The fourth-order valence-corrected chi connectivity index (χ4v) is 3.61. The zero-order valence-electron chi connectivity index (χ0n) is 18.5. The van der Waals surface area contributed by atoms with E-state index in [1.807, 2.05) is 12.1 Å². The first-order valence-corrected chi connectivity index (χ1v) is 10.9. The fraction of sp³-hybridized carbons (Fsp3) is 0.375. The maximum Gasteiger partial charge on any atom is 0.338 e. The van der Waals surface area contributed by atoms with Gasteiger partial charge in [0.15, 0.2) is 18.1 Å². The maximum atomic E-state index is 12.4. The molecule has 1 saturated heterocycles. The minimum atomic E-state index is -0.643. The molecule has 3 rings (SSSR count). The summed E-state index contributed by atoms with van der Waals surface area (Å²) in [6, 6.07) is 11.9. The lowest BCUT2D eigenvalue weighted by Gasteiger charge is -2.30. The highest BCUT2D eigenvalue weighted by Crippen LogP contribution is 2.29. The molecule has 1 heterocycles. The number of amides is 1. The number of halogens is 1. The molecule has 1 amide bonds. The van der Waals surface area contributed by atoms with Crippen molar-refractivity contribution < 1.29 is 33.3 Å². The standard InChI is InChI=1S/C24H26ClNO7/c1-30-21-13-18(5-8-20(21)32-14-16-3-6-19(25)7-4-16)24(29)33-15-22(27)26-11-9-17(10-12-26)23(28)31-2/h3-8,13,17H,9-12,14-15H2,1-2H3. The van der Waals surface area contributed by atoms with E-state index in [1.54, 1.807) is 29.2 Å². The third-order valence-corrected chi connectivity index (χ3v) is 5.67. The number of ether oxygens (including phenoxy) is 4. The summed E-state index contributed by atoms with van der Waals surface area (Å²) in [5.41, 5.74) is 1.17. The molecule has 0 atom stereocenters. The van der Waals surface area contributed by atoms with Gasteiger partial charge >= 0.3 is 11.9 Å². The Bertz CT molecular complexity index is 985. The number of carbonyl (C=O) groups excluding carboxylic acids is 3. The second kappa shape index (κ2) is 11.6. The average Bonchev–Trinajstić information content (AvgIpc) is 2.86. The molecule has 0 bridgehead atoms. The van der Waals surface area contributed by atoms with Crippen molar-refractivity contribution in [1.82, 2.24) is 4.90 Å². The summed E-state index contributed by atoms with van der Waals surface area (Å²) in [5.74, 6) is -0.572. The number of carbonyl (C=O) groups is 3. The summed E-state index contributed by atoms with van der Waals surface area (Å²) < 4.78 is 21.1. The number of piperidine rings is 1. The van der Waals surface area contributed by atoms with E-state index in [2.05, 4.69) is 0 Å². The molecule has 2 aromatic rings. The van der Waals surface area contributed by atoms with Crippen LogP contribution in [0.3, 0.4) is 0 Å². The molecule has 1 aliphatic rings. The minimum absolute atomic E-state index is 0.200. The molecular formula is C24H26ClNO7. The topological polar surface area (TPSA) is 91.4 Å². The highest BCUT2D eigenvalue weighted by atomic mass is 35.5.